The summed E-state index contributed by atoms with van der Waals surface area (Å²) in [4.78, 5) is 26.3. The van der Waals surface area contributed by atoms with Crippen molar-refractivity contribution in [3.63, 3.8) is 0 Å². The van der Waals surface area contributed by atoms with E-state index in [9.17, 15) is 9.59 Å². The molecule has 1 fully saturated rings. The minimum atomic E-state index is -0.551. The Labute approximate surface area is 125 Å². The van der Waals surface area contributed by atoms with Crippen LogP contribution >= 0.6 is 0 Å². The summed E-state index contributed by atoms with van der Waals surface area (Å²) < 4.78 is 5.52. The number of carbonyl (C=O) groups is 2. The monoisotopic (exact) mass is 290 g/mol. The molecule has 114 valence electrons. The average molecular weight is 290 g/mol. The Morgan fingerprint density at radius 3 is 2.62 bits per heavy atom. The van der Waals surface area contributed by atoms with Crippen LogP contribution < -0.4 is 5.32 Å². The second-order valence-electron chi connectivity index (χ2n) is 5.54. The Kier molecular flexibility index (Phi) is 4.96. The van der Waals surface area contributed by atoms with Crippen LogP contribution in [0.1, 0.15) is 31.1 Å². The summed E-state index contributed by atoms with van der Waals surface area (Å²) in [6.07, 6.45) is 0.0298. The van der Waals surface area contributed by atoms with Gasteiger partial charge in [-0.05, 0) is 32.9 Å². The lowest BCUT2D eigenvalue weighted by molar-refractivity contribution is -0.144. The first kappa shape index (κ1) is 15.5. The Bertz CT molecular complexity index is 504. The van der Waals surface area contributed by atoms with Crippen molar-refractivity contribution >= 4 is 11.8 Å². The molecule has 3 atom stereocenters. The minimum absolute atomic E-state index is 0.0298. The molecule has 1 aliphatic heterocycles. The number of nitrogens with zero attached hydrogens (tertiary/aromatic N) is 1. The van der Waals surface area contributed by atoms with Crippen molar-refractivity contribution in [3.8, 4) is 0 Å². The predicted molar refractivity (Wildman–Crippen MR) is 80.0 cm³/mol. The number of benzene rings is 1. The van der Waals surface area contributed by atoms with E-state index in [-0.39, 0.29) is 24.0 Å². The maximum atomic E-state index is 12.5. The maximum Gasteiger partial charge on any atom is 0.251 e. The predicted octanol–water partition coefficient (Wildman–Crippen LogP) is 1.44. The quantitative estimate of drug-likeness (QED) is 0.916. The van der Waals surface area contributed by atoms with Gasteiger partial charge in [0.15, 0.2) is 0 Å². The molecule has 0 radical (unpaired) electrons. The van der Waals surface area contributed by atoms with Gasteiger partial charge in [-0.15, -0.1) is 0 Å². The zero-order valence-corrected chi connectivity index (χ0v) is 12.7. The molecule has 2 amide bonds. The highest BCUT2D eigenvalue weighted by Gasteiger charge is 2.30. The van der Waals surface area contributed by atoms with Crippen molar-refractivity contribution in [3.05, 3.63) is 35.9 Å². The Morgan fingerprint density at radius 2 is 1.95 bits per heavy atom. The van der Waals surface area contributed by atoms with Gasteiger partial charge in [0, 0.05) is 12.1 Å². The first-order chi connectivity index (χ1) is 9.99. The first-order valence-electron chi connectivity index (χ1n) is 7.27. The molecule has 0 aliphatic carbocycles. The zero-order valence-electron chi connectivity index (χ0n) is 12.7. The van der Waals surface area contributed by atoms with Gasteiger partial charge in [0.25, 0.3) is 5.91 Å². The molecule has 3 unspecified atom stereocenters. The van der Waals surface area contributed by atoms with E-state index in [4.69, 9.17) is 4.74 Å². The lowest BCUT2D eigenvalue weighted by Gasteiger charge is -2.38. The Hall–Kier alpha value is -1.88. The van der Waals surface area contributed by atoms with Gasteiger partial charge in [0.05, 0.1) is 18.8 Å². The second-order valence-corrected chi connectivity index (χ2v) is 5.54. The van der Waals surface area contributed by atoms with Crippen molar-refractivity contribution < 1.29 is 14.3 Å². The van der Waals surface area contributed by atoms with Gasteiger partial charge in [-0.25, -0.2) is 0 Å². The molecule has 5 heteroatoms. The minimum Gasteiger partial charge on any atom is -0.375 e. The highest BCUT2D eigenvalue weighted by molar-refractivity contribution is 5.97. The number of amides is 2. The number of nitrogens with one attached hydrogen (secondary N) is 1. The highest BCUT2D eigenvalue weighted by Crippen LogP contribution is 2.13. The largest absolute Gasteiger partial charge is 0.375 e. The Balaban J connectivity index is 1.97. The lowest BCUT2D eigenvalue weighted by atomic mass is 10.1. The van der Waals surface area contributed by atoms with Crippen molar-refractivity contribution in [1.82, 2.24) is 10.2 Å². The first-order valence-corrected chi connectivity index (χ1v) is 7.27. The van der Waals surface area contributed by atoms with Gasteiger partial charge in [-0.3, -0.25) is 9.59 Å². The third-order valence-corrected chi connectivity index (χ3v) is 3.64. The van der Waals surface area contributed by atoms with Crippen LogP contribution in [0.3, 0.4) is 0 Å². The molecule has 5 nitrogen and oxygen atoms in total. The fourth-order valence-corrected chi connectivity index (χ4v) is 2.39. The molecule has 0 saturated carbocycles. The Morgan fingerprint density at radius 1 is 1.29 bits per heavy atom. The highest BCUT2D eigenvalue weighted by atomic mass is 16.5. The molecule has 1 aliphatic rings. The summed E-state index contributed by atoms with van der Waals surface area (Å²) in [5.41, 5.74) is 0.556. The molecule has 1 heterocycles. The second kappa shape index (κ2) is 6.72. The summed E-state index contributed by atoms with van der Waals surface area (Å²) in [6.45, 7) is 6.71. The molecule has 0 bridgehead atoms. The van der Waals surface area contributed by atoms with Crippen LogP contribution in [0.25, 0.3) is 0 Å². The average Bonchev–Trinajstić information content (AvgIpc) is 2.49. The standard InChI is InChI=1S/C16H22N2O3/c1-11-10-21-12(2)9-18(11)16(20)13(3)17-15(19)14-7-5-4-6-8-14/h4-8,11-13H,9-10H2,1-3H3,(H,17,19). The van der Waals surface area contributed by atoms with Crippen LogP contribution in [0, 0.1) is 0 Å². The van der Waals surface area contributed by atoms with E-state index in [2.05, 4.69) is 5.32 Å². The number of rotatable bonds is 3. The molecular weight excluding hydrogens is 268 g/mol. The molecule has 2 rings (SSSR count). The van der Waals surface area contributed by atoms with E-state index in [1.165, 1.54) is 0 Å². The number of hydrogen-bond acceptors (Lipinski definition) is 3. The topological polar surface area (TPSA) is 58.6 Å². The van der Waals surface area contributed by atoms with Crippen LogP contribution in [-0.4, -0.2) is 48.1 Å². The molecular formula is C16H22N2O3. The number of hydrogen-bond donors (Lipinski definition) is 1. The summed E-state index contributed by atoms with van der Waals surface area (Å²) in [7, 11) is 0. The van der Waals surface area contributed by atoms with Crippen LogP contribution in [-0.2, 0) is 9.53 Å². The van der Waals surface area contributed by atoms with E-state index < -0.39 is 6.04 Å². The van der Waals surface area contributed by atoms with Crippen LogP contribution in [0.15, 0.2) is 30.3 Å². The molecule has 1 N–H and O–H groups in total. The van der Waals surface area contributed by atoms with E-state index in [0.29, 0.717) is 18.7 Å². The van der Waals surface area contributed by atoms with Gasteiger partial charge in [-0.2, -0.15) is 0 Å². The smallest absolute Gasteiger partial charge is 0.251 e. The molecule has 0 aromatic heterocycles. The van der Waals surface area contributed by atoms with Crippen molar-refractivity contribution in [2.75, 3.05) is 13.2 Å². The molecule has 1 aromatic rings. The van der Waals surface area contributed by atoms with Gasteiger partial charge in [-0.1, -0.05) is 18.2 Å². The van der Waals surface area contributed by atoms with E-state index in [1.807, 2.05) is 19.9 Å². The molecule has 21 heavy (non-hydrogen) atoms. The third-order valence-electron chi connectivity index (χ3n) is 3.64. The van der Waals surface area contributed by atoms with Gasteiger partial charge in [0.1, 0.15) is 6.04 Å². The summed E-state index contributed by atoms with van der Waals surface area (Å²) in [6, 6.07) is 8.38. The fraction of sp³-hybridized carbons (Fsp3) is 0.500. The normalized spacial score (nSPS) is 23.5. The van der Waals surface area contributed by atoms with Crippen LogP contribution in [0.4, 0.5) is 0 Å². The van der Waals surface area contributed by atoms with E-state index >= 15 is 0 Å². The summed E-state index contributed by atoms with van der Waals surface area (Å²) in [5.74, 6) is -0.299. The van der Waals surface area contributed by atoms with E-state index in [1.54, 1.807) is 36.1 Å². The van der Waals surface area contributed by atoms with E-state index in [0.717, 1.165) is 0 Å². The molecule has 0 spiro atoms. The van der Waals surface area contributed by atoms with Gasteiger partial charge >= 0.3 is 0 Å². The third kappa shape index (κ3) is 3.82. The van der Waals surface area contributed by atoms with Crippen molar-refractivity contribution in [1.29, 1.82) is 0 Å². The van der Waals surface area contributed by atoms with Crippen molar-refractivity contribution in [2.24, 2.45) is 0 Å². The zero-order chi connectivity index (χ0) is 15.4. The van der Waals surface area contributed by atoms with Gasteiger partial charge in [0.2, 0.25) is 5.91 Å². The summed E-state index contributed by atoms with van der Waals surface area (Å²) >= 11 is 0. The fourth-order valence-electron chi connectivity index (χ4n) is 2.39. The van der Waals surface area contributed by atoms with Crippen molar-refractivity contribution in [2.45, 2.75) is 39.0 Å². The van der Waals surface area contributed by atoms with Gasteiger partial charge < -0.3 is 15.0 Å². The number of ether oxygens (including phenoxy) is 1. The number of morpholine rings is 1. The summed E-state index contributed by atoms with van der Waals surface area (Å²) in [5, 5.41) is 2.76. The lowest BCUT2D eigenvalue weighted by Crippen LogP contribution is -2.55. The van der Waals surface area contributed by atoms with Crippen LogP contribution in [0.5, 0.6) is 0 Å². The molecule has 1 aromatic carbocycles. The molecule has 1 saturated heterocycles. The SMILES string of the molecule is CC1CN(C(=O)C(C)NC(=O)c2ccccc2)C(C)CO1. The maximum absolute atomic E-state index is 12.5. The van der Waals surface area contributed by atoms with Crippen LogP contribution in [0.2, 0.25) is 0 Å². The number of carbonyl (C=O) groups excluding carboxylic acids is 2.